The van der Waals surface area contributed by atoms with Crippen LogP contribution in [0, 0.1) is 0 Å². The zero-order valence-electron chi connectivity index (χ0n) is 28.1. The molecular weight excluding hydrogens is 653 g/mol. The van der Waals surface area contributed by atoms with Crippen molar-refractivity contribution in [2.45, 2.75) is 0 Å². The Balaban J connectivity index is 0.994. The van der Waals surface area contributed by atoms with Crippen LogP contribution in [0.1, 0.15) is 0 Å². The van der Waals surface area contributed by atoms with Crippen LogP contribution in [-0.2, 0) is 0 Å². The summed E-state index contributed by atoms with van der Waals surface area (Å²) in [5.41, 5.74) is 11.9. The zero-order valence-corrected chi connectivity index (χ0v) is 28.1. The summed E-state index contributed by atoms with van der Waals surface area (Å²) in [5, 5.41) is 11.1. The SMILES string of the molecule is c1ccc2c(c1)c1ccccc1n2-c1ccc2oc3cc4c(cc3c2c1)oc1cc2c(cc14)oc1ccc(-n3c4ccccc4c4ccccc43)cc12. The second kappa shape index (κ2) is 9.75. The summed E-state index contributed by atoms with van der Waals surface area (Å²) in [7, 11) is 0. The van der Waals surface area contributed by atoms with Crippen LogP contribution in [0.2, 0.25) is 0 Å². The van der Waals surface area contributed by atoms with Crippen LogP contribution in [0.3, 0.4) is 0 Å². The highest BCUT2D eigenvalue weighted by atomic mass is 16.3. The average Bonchev–Trinajstić information content (AvgIpc) is 4.00. The maximum Gasteiger partial charge on any atom is 0.136 e. The van der Waals surface area contributed by atoms with Crippen molar-refractivity contribution in [2.24, 2.45) is 0 Å². The molecule has 5 aromatic heterocycles. The average molecular weight is 679 g/mol. The van der Waals surface area contributed by atoms with Crippen molar-refractivity contribution in [2.75, 3.05) is 0 Å². The number of nitrogens with zero attached hydrogens (tertiary/aromatic N) is 2. The molecule has 0 atom stereocenters. The summed E-state index contributed by atoms with van der Waals surface area (Å²) in [4.78, 5) is 0. The molecule has 0 saturated heterocycles. The van der Waals surface area contributed by atoms with Crippen molar-refractivity contribution < 1.29 is 13.3 Å². The van der Waals surface area contributed by atoms with Gasteiger partial charge < -0.3 is 22.4 Å². The second-order valence-electron chi connectivity index (χ2n) is 14.1. The van der Waals surface area contributed by atoms with Gasteiger partial charge in [0.1, 0.15) is 33.5 Å². The third-order valence-corrected chi connectivity index (χ3v) is 11.3. The third kappa shape index (κ3) is 3.60. The summed E-state index contributed by atoms with van der Waals surface area (Å²) < 4.78 is 24.3. The first kappa shape index (κ1) is 27.5. The minimum Gasteiger partial charge on any atom is -0.456 e. The van der Waals surface area contributed by atoms with E-state index >= 15 is 0 Å². The minimum absolute atomic E-state index is 0.820. The summed E-state index contributed by atoms with van der Waals surface area (Å²) >= 11 is 0. The highest BCUT2D eigenvalue weighted by Crippen LogP contribution is 2.42. The van der Waals surface area contributed by atoms with Gasteiger partial charge in [0, 0.05) is 65.2 Å². The van der Waals surface area contributed by atoms with E-state index in [-0.39, 0.29) is 0 Å². The van der Waals surface area contributed by atoms with Gasteiger partial charge in [-0.3, -0.25) is 0 Å². The molecule has 0 fully saturated rings. The van der Waals surface area contributed by atoms with Crippen LogP contribution in [0.4, 0.5) is 0 Å². The predicted molar refractivity (Wildman–Crippen MR) is 217 cm³/mol. The van der Waals surface area contributed by atoms with E-state index in [4.69, 9.17) is 13.3 Å². The molecule has 0 spiro atoms. The molecule has 0 radical (unpaired) electrons. The number of fused-ring (bicyclic) bond motifs is 15. The maximum absolute atomic E-state index is 6.65. The lowest BCUT2D eigenvalue weighted by molar-refractivity contribution is 0.662. The Kier molecular flexibility index (Phi) is 5.06. The standard InChI is InChI=1S/C48H26N2O3/c1-5-13-39-29(9-1)30-10-2-6-14-40(30)49(39)27-17-19-43-33(21-27)35-23-47-37(25-45(35)51-43)38-26-46-36(24-48(38)53-47)34-22-28(18-20-44(34)52-46)50-41-15-7-3-11-31(41)32-12-4-8-16-42(32)50/h1-26H. The Bertz CT molecular complexity index is 3350. The van der Waals surface area contributed by atoms with Gasteiger partial charge in [0.25, 0.3) is 0 Å². The Morgan fingerprint density at radius 3 is 0.868 bits per heavy atom. The Morgan fingerprint density at radius 1 is 0.245 bits per heavy atom. The molecule has 8 aromatic carbocycles. The van der Waals surface area contributed by atoms with Crippen molar-refractivity contribution in [3.8, 4) is 11.4 Å². The van der Waals surface area contributed by atoms with Crippen molar-refractivity contribution in [1.82, 2.24) is 9.13 Å². The largest absolute Gasteiger partial charge is 0.456 e. The van der Waals surface area contributed by atoms with Crippen LogP contribution >= 0.6 is 0 Å². The first-order chi connectivity index (χ1) is 26.2. The molecule has 5 nitrogen and oxygen atoms in total. The molecular formula is C48H26N2O3. The monoisotopic (exact) mass is 678 g/mol. The third-order valence-electron chi connectivity index (χ3n) is 11.3. The van der Waals surface area contributed by atoms with E-state index in [1.807, 2.05) is 0 Å². The molecule has 13 rings (SSSR count). The maximum atomic E-state index is 6.65. The number of furan rings is 3. The fourth-order valence-corrected chi connectivity index (χ4v) is 8.97. The van der Waals surface area contributed by atoms with Gasteiger partial charge in [-0.05, 0) is 84.9 Å². The van der Waals surface area contributed by atoms with Crippen LogP contribution in [0.5, 0.6) is 0 Å². The number of hydrogen-bond donors (Lipinski definition) is 0. The molecule has 53 heavy (non-hydrogen) atoms. The van der Waals surface area contributed by atoms with Crippen LogP contribution in [-0.4, -0.2) is 9.13 Å². The fourth-order valence-electron chi connectivity index (χ4n) is 8.97. The van der Waals surface area contributed by atoms with Gasteiger partial charge in [-0.25, -0.2) is 0 Å². The van der Waals surface area contributed by atoms with E-state index in [1.165, 1.54) is 43.6 Å². The highest BCUT2D eigenvalue weighted by molar-refractivity contribution is 6.19. The summed E-state index contributed by atoms with van der Waals surface area (Å²) in [6.07, 6.45) is 0. The first-order valence-electron chi connectivity index (χ1n) is 17.9. The van der Waals surface area contributed by atoms with E-state index in [1.54, 1.807) is 0 Å². The van der Waals surface area contributed by atoms with Crippen LogP contribution < -0.4 is 0 Å². The van der Waals surface area contributed by atoms with Gasteiger partial charge in [0.15, 0.2) is 0 Å². The van der Waals surface area contributed by atoms with Crippen LogP contribution in [0.15, 0.2) is 171 Å². The molecule has 5 heterocycles. The highest BCUT2D eigenvalue weighted by Gasteiger charge is 2.19. The molecule has 0 aliphatic heterocycles. The molecule has 0 aliphatic rings. The molecule has 0 unspecified atom stereocenters. The molecule has 0 aliphatic carbocycles. The number of aromatic nitrogens is 2. The van der Waals surface area contributed by atoms with Gasteiger partial charge in [-0.1, -0.05) is 72.8 Å². The Hall–Kier alpha value is -7.24. The Labute approximate surface area is 300 Å². The van der Waals surface area contributed by atoms with Crippen LogP contribution in [0.25, 0.3) is 121 Å². The van der Waals surface area contributed by atoms with Gasteiger partial charge >= 0.3 is 0 Å². The minimum atomic E-state index is 0.820. The number of para-hydroxylation sites is 4. The number of hydrogen-bond acceptors (Lipinski definition) is 3. The second-order valence-corrected chi connectivity index (χ2v) is 14.1. The van der Waals surface area contributed by atoms with Crippen molar-refractivity contribution in [1.29, 1.82) is 0 Å². The molecule has 0 N–H and O–H groups in total. The molecule has 0 amide bonds. The molecule has 0 saturated carbocycles. The number of rotatable bonds is 2. The molecule has 5 heteroatoms. The molecule has 13 aromatic rings. The number of benzene rings is 8. The van der Waals surface area contributed by atoms with Gasteiger partial charge in [-0.15, -0.1) is 0 Å². The summed E-state index contributed by atoms with van der Waals surface area (Å²) in [5.74, 6) is 0. The lowest BCUT2D eigenvalue weighted by Crippen LogP contribution is -1.93. The quantitative estimate of drug-likeness (QED) is 0.183. The summed E-state index contributed by atoms with van der Waals surface area (Å²) in [6, 6.07) is 55.8. The predicted octanol–water partition coefficient (Wildman–Crippen LogP) is 13.6. The van der Waals surface area contributed by atoms with E-state index in [0.717, 1.165) is 77.2 Å². The van der Waals surface area contributed by atoms with Crippen molar-refractivity contribution >= 4 is 109 Å². The first-order valence-corrected chi connectivity index (χ1v) is 17.9. The fraction of sp³-hybridized carbons (Fsp3) is 0. The molecule has 0 bridgehead atoms. The van der Waals surface area contributed by atoms with Gasteiger partial charge in [0.2, 0.25) is 0 Å². The van der Waals surface area contributed by atoms with Gasteiger partial charge in [-0.2, -0.15) is 0 Å². The summed E-state index contributed by atoms with van der Waals surface area (Å²) in [6.45, 7) is 0. The smallest absolute Gasteiger partial charge is 0.136 e. The lowest BCUT2D eigenvalue weighted by atomic mass is 10.1. The Morgan fingerprint density at radius 2 is 0.528 bits per heavy atom. The molecule has 246 valence electrons. The van der Waals surface area contributed by atoms with Gasteiger partial charge in [0.05, 0.1) is 22.1 Å². The van der Waals surface area contributed by atoms with E-state index < -0.39 is 0 Å². The van der Waals surface area contributed by atoms with Crippen molar-refractivity contribution in [3.05, 3.63) is 158 Å². The zero-order chi connectivity index (χ0) is 34.4. The van der Waals surface area contributed by atoms with E-state index in [9.17, 15) is 0 Å². The van der Waals surface area contributed by atoms with Crippen molar-refractivity contribution in [3.63, 3.8) is 0 Å². The van der Waals surface area contributed by atoms with E-state index in [0.29, 0.717) is 0 Å². The normalized spacial score (nSPS) is 12.5. The van der Waals surface area contributed by atoms with E-state index in [2.05, 4.69) is 167 Å². The lowest BCUT2D eigenvalue weighted by Gasteiger charge is -2.07. The topological polar surface area (TPSA) is 49.3 Å².